The summed E-state index contributed by atoms with van der Waals surface area (Å²) in [6.07, 6.45) is -3.09. The van der Waals surface area contributed by atoms with Crippen molar-refractivity contribution in [1.82, 2.24) is 9.97 Å². The second kappa shape index (κ2) is 7.08. The van der Waals surface area contributed by atoms with Gasteiger partial charge in [-0.3, -0.25) is 0 Å². The minimum atomic E-state index is -4.38. The molecule has 1 heterocycles. The lowest BCUT2D eigenvalue weighted by molar-refractivity contribution is -0.120. The van der Waals surface area contributed by atoms with Crippen LogP contribution in [0.5, 0.6) is 0 Å². The third kappa shape index (κ3) is 4.79. The number of aromatic nitrogens is 2. The zero-order valence-corrected chi connectivity index (χ0v) is 12.1. The smallest absolute Gasteiger partial charge is 0.395 e. The van der Waals surface area contributed by atoms with E-state index in [1.807, 2.05) is 6.92 Å². The predicted molar refractivity (Wildman–Crippen MR) is 71.1 cm³/mol. The van der Waals surface area contributed by atoms with E-state index in [4.69, 9.17) is 16.7 Å². The maximum absolute atomic E-state index is 12.6. The third-order valence-corrected chi connectivity index (χ3v) is 2.99. The second-order valence-electron chi connectivity index (χ2n) is 4.39. The number of hydrogen-bond acceptors (Lipinski definition) is 4. The van der Waals surface area contributed by atoms with Gasteiger partial charge in [-0.1, -0.05) is 18.5 Å². The lowest BCUT2D eigenvalue weighted by Gasteiger charge is -2.26. The molecule has 0 aliphatic heterocycles. The van der Waals surface area contributed by atoms with Gasteiger partial charge in [0.2, 0.25) is 0 Å². The molecule has 0 aliphatic carbocycles. The lowest BCUT2D eigenvalue weighted by atomic mass is 10.2. The van der Waals surface area contributed by atoms with E-state index >= 15 is 0 Å². The number of halogens is 4. The van der Waals surface area contributed by atoms with Crippen molar-refractivity contribution >= 4 is 17.4 Å². The van der Waals surface area contributed by atoms with Crippen molar-refractivity contribution in [2.24, 2.45) is 0 Å². The highest BCUT2D eigenvalue weighted by Crippen LogP contribution is 2.27. The number of aliphatic hydroxyl groups is 1. The van der Waals surface area contributed by atoms with Crippen molar-refractivity contribution in [2.75, 3.05) is 24.6 Å². The van der Waals surface area contributed by atoms with Gasteiger partial charge >= 0.3 is 6.18 Å². The Bertz CT molecular complexity index is 454. The summed E-state index contributed by atoms with van der Waals surface area (Å²) in [7, 11) is 0. The van der Waals surface area contributed by atoms with E-state index in [2.05, 4.69) is 9.97 Å². The molecule has 114 valence electrons. The van der Waals surface area contributed by atoms with E-state index in [9.17, 15) is 13.2 Å². The zero-order valence-electron chi connectivity index (χ0n) is 11.3. The molecule has 1 aromatic rings. The minimum Gasteiger partial charge on any atom is -0.395 e. The van der Waals surface area contributed by atoms with E-state index in [1.165, 1.54) is 0 Å². The van der Waals surface area contributed by atoms with Gasteiger partial charge in [-0.25, -0.2) is 9.97 Å². The van der Waals surface area contributed by atoms with Gasteiger partial charge in [0.05, 0.1) is 6.61 Å². The minimum absolute atomic E-state index is 0.125. The topological polar surface area (TPSA) is 49.2 Å². The molecule has 0 unspecified atom stereocenters. The van der Waals surface area contributed by atoms with Crippen molar-refractivity contribution in [3.63, 3.8) is 0 Å². The predicted octanol–water partition coefficient (Wildman–Crippen LogP) is 2.75. The van der Waals surface area contributed by atoms with E-state index in [0.717, 1.165) is 11.3 Å². The average molecular weight is 312 g/mol. The van der Waals surface area contributed by atoms with Crippen LogP contribution in [-0.2, 0) is 6.42 Å². The number of alkyl halides is 3. The number of hydrogen-bond donors (Lipinski definition) is 1. The van der Waals surface area contributed by atoms with Gasteiger partial charge in [0, 0.05) is 18.5 Å². The van der Waals surface area contributed by atoms with E-state index in [1.54, 1.807) is 6.92 Å². The molecule has 1 N–H and O–H groups in total. The first kappa shape index (κ1) is 17.0. The van der Waals surface area contributed by atoms with Crippen LogP contribution >= 0.6 is 11.6 Å². The highest BCUT2D eigenvalue weighted by atomic mass is 35.5. The Balaban J connectivity index is 3.17. The molecule has 0 amide bonds. The van der Waals surface area contributed by atoms with Crippen molar-refractivity contribution in [3.05, 3.63) is 16.5 Å². The molecule has 0 atom stereocenters. The second-order valence-corrected chi connectivity index (χ2v) is 4.75. The van der Waals surface area contributed by atoms with E-state index in [-0.39, 0.29) is 17.5 Å². The van der Waals surface area contributed by atoms with Gasteiger partial charge in [-0.2, -0.15) is 13.2 Å². The van der Waals surface area contributed by atoms with E-state index in [0.29, 0.717) is 17.8 Å². The summed E-state index contributed by atoms with van der Waals surface area (Å²) < 4.78 is 37.8. The molecule has 0 radical (unpaired) electrons. The summed E-state index contributed by atoms with van der Waals surface area (Å²) >= 11 is 5.95. The lowest BCUT2D eigenvalue weighted by Crippen LogP contribution is -2.37. The molecule has 4 nitrogen and oxygen atoms in total. The van der Waals surface area contributed by atoms with Gasteiger partial charge in [0.15, 0.2) is 0 Å². The first-order valence-electron chi connectivity index (χ1n) is 6.24. The molecule has 0 spiro atoms. The number of nitrogens with zero attached hydrogens (tertiary/aromatic N) is 3. The molecule has 20 heavy (non-hydrogen) atoms. The fourth-order valence-corrected chi connectivity index (χ4v) is 1.94. The average Bonchev–Trinajstić information content (AvgIpc) is 2.32. The van der Waals surface area contributed by atoms with Gasteiger partial charge in [0.25, 0.3) is 0 Å². The largest absolute Gasteiger partial charge is 0.405 e. The monoisotopic (exact) mass is 311 g/mol. The Morgan fingerprint density at radius 3 is 2.45 bits per heavy atom. The first-order chi connectivity index (χ1) is 9.28. The Hall–Kier alpha value is -1.08. The molecular weight excluding hydrogens is 295 g/mol. The third-order valence-electron chi connectivity index (χ3n) is 2.62. The SMILES string of the molecule is CCCc1nc(Cl)c(C)c(N(CCO)CC(F)(F)F)n1. The first-order valence-corrected chi connectivity index (χ1v) is 6.61. The molecule has 0 aliphatic rings. The fourth-order valence-electron chi connectivity index (χ4n) is 1.76. The van der Waals surface area contributed by atoms with Crippen molar-refractivity contribution in [2.45, 2.75) is 32.9 Å². The molecule has 0 bridgehead atoms. The van der Waals surface area contributed by atoms with Crippen LogP contribution in [0.15, 0.2) is 0 Å². The zero-order chi connectivity index (χ0) is 15.3. The van der Waals surface area contributed by atoms with Gasteiger partial charge < -0.3 is 10.0 Å². The van der Waals surface area contributed by atoms with Crippen molar-refractivity contribution in [1.29, 1.82) is 0 Å². The number of aryl methyl sites for hydroxylation is 1. The van der Waals surface area contributed by atoms with Gasteiger partial charge in [0.1, 0.15) is 23.3 Å². The van der Waals surface area contributed by atoms with Crippen LogP contribution in [-0.4, -0.2) is 40.9 Å². The van der Waals surface area contributed by atoms with Crippen LogP contribution in [0, 0.1) is 6.92 Å². The van der Waals surface area contributed by atoms with E-state index < -0.39 is 19.3 Å². The standard InChI is InChI=1S/C12H17ClF3N3O/c1-3-4-9-17-10(13)8(2)11(18-9)19(5-6-20)7-12(14,15)16/h20H,3-7H2,1-2H3. The molecular formula is C12H17ClF3N3O. The Labute approximate surface area is 120 Å². The molecule has 0 fully saturated rings. The molecule has 8 heteroatoms. The van der Waals surface area contributed by atoms with Crippen LogP contribution in [0.2, 0.25) is 5.15 Å². The maximum atomic E-state index is 12.6. The Kier molecular flexibility index (Phi) is 6.01. The fraction of sp³-hybridized carbons (Fsp3) is 0.667. The van der Waals surface area contributed by atoms with Crippen LogP contribution < -0.4 is 4.90 Å². The summed E-state index contributed by atoms with van der Waals surface area (Å²) in [5, 5.41) is 9.08. The van der Waals surface area contributed by atoms with Crippen molar-refractivity contribution in [3.8, 4) is 0 Å². The summed E-state index contributed by atoms with van der Waals surface area (Å²) in [6, 6.07) is 0. The molecule has 0 saturated heterocycles. The van der Waals surface area contributed by atoms with Crippen LogP contribution in [0.25, 0.3) is 0 Å². The molecule has 0 saturated carbocycles. The maximum Gasteiger partial charge on any atom is 0.405 e. The van der Waals surface area contributed by atoms with Crippen LogP contribution in [0.3, 0.4) is 0 Å². The quantitative estimate of drug-likeness (QED) is 0.821. The summed E-state index contributed by atoms with van der Waals surface area (Å²) in [5.74, 6) is 0.531. The molecule has 1 rings (SSSR count). The number of anilines is 1. The molecule has 1 aromatic heterocycles. The van der Waals surface area contributed by atoms with Gasteiger partial charge in [-0.15, -0.1) is 0 Å². The highest BCUT2D eigenvalue weighted by molar-refractivity contribution is 6.30. The van der Waals surface area contributed by atoms with Crippen LogP contribution in [0.4, 0.5) is 19.0 Å². The van der Waals surface area contributed by atoms with Crippen LogP contribution in [0.1, 0.15) is 24.7 Å². The Morgan fingerprint density at radius 1 is 1.30 bits per heavy atom. The summed E-state index contributed by atoms with van der Waals surface area (Å²) in [4.78, 5) is 9.17. The van der Waals surface area contributed by atoms with Gasteiger partial charge in [-0.05, 0) is 13.3 Å². The number of aliphatic hydroxyl groups excluding tert-OH is 1. The normalized spacial score (nSPS) is 11.8. The Morgan fingerprint density at radius 2 is 1.95 bits per heavy atom. The van der Waals surface area contributed by atoms with Crippen molar-refractivity contribution < 1.29 is 18.3 Å². The molecule has 0 aromatic carbocycles. The summed E-state index contributed by atoms with van der Waals surface area (Å²) in [6.45, 7) is 1.72. The summed E-state index contributed by atoms with van der Waals surface area (Å²) in [5.41, 5.74) is 0.379. The highest BCUT2D eigenvalue weighted by Gasteiger charge is 2.32. The number of rotatable bonds is 6.